The van der Waals surface area contributed by atoms with Crippen LogP contribution in [0, 0.1) is 21.3 Å². The Hall–Kier alpha value is -6.45. The fraction of sp³-hybridized carbons (Fsp3) is 0.364. The first-order valence-electron chi connectivity index (χ1n) is 25.1. The molecule has 2 saturated carbocycles. The molecule has 10 heterocycles. The minimum atomic E-state index is -0.0112. The van der Waals surface area contributed by atoms with Crippen molar-refractivity contribution in [3.63, 3.8) is 0 Å². The van der Waals surface area contributed by atoms with Crippen LogP contribution in [-0.2, 0) is 59.8 Å². The zero-order valence-electron chi connectivity index (χ0n) is 41.5. The molecule has 2 fully saturated rings. The second kappa shape index (κ2) is 21.2. The zero-order chi connectivity index (χ0) is 48.2. The van der Waals surface area contributed by atoms with Crippen molar-refractivity contribution in [1.29, 1.82) is 0 Å². The SMILES string of the molecule is Brc1cccc(-c2nnc3n2CCCC3)n1.Cc1cc2c(cc1-n1cnc(C3CC3)c1)C(=O)N(c1cccc(-c3nnc4n3CCCC4)n1)CC2.Cc1cc2c(cc1-n1cnc(C3CC3)c1)C(=O)NCC2.[CH3-].[W]. The maximum Gasteiger partial charge on any atom is 0.259 e. The largest absolute Gasteiger partial charge is 0.358 e. The topological polar surface area (TPSA) is 172 Å². The van der Waals surface area contributed by atoms with Crippen LogP contribution in [0.1, 0.15) is 129 Å². The summed E-state index contributed by atoms with van der Waals surface area (Å²) in [5, 5.41) is 20.2. The molecule has 18 heteroatoms. The van der Waals surface area contributed by atoms with Gasteiger partial charge in [0.2, 0.25) is 0 Å². The first-order valence-corrected chi connectivity index (χ1v) is 25.9. The normalized spacial score (nSPS) is 16.5. The predicted molar refractivity (Wildman–Crippen MR) is 278 cm³/mol. The molecule has 374 valence electrons. The molecule has 2 aromatic carbocycles. The number of imidazole rings is 2. The van der Waals surface area contributed by atoms with Gasteiger partial charge in [0.1, 0.15) is 33.5 Å². The Morgan fingerprint density at radius 2 is 1.16 bits per heavy atom. The van der Waals surface area contributed by atoms with Gasteiger partial charge in [-0.1, -0.05) is 24.3 Å². The van der Waals surface area contributed by atoms with Gasteiger partial charge in [-0.15, -0.1) is 20.4 Å². The van der Waals surface area contributed by atoms with Crippen LogP contribution >= 0.6 is 15.9 Å². The molecule has 0 atom stereocenters. The molecular formula is C55H58BrN14O2W-. The molecular weight excluding hydrogens is 1150 g/mol. The second-order valence-electron chi connectivity index (χ2n) is 19.6. The van der Waals surface area contributed by atoms with Gasteiger partial charge in [-0.3, -0.25) is 14.5 Å². The maximum absolute atomic E-state index is 13.7. The number of nitrogens with one attached hydrogen (secondary N) is 1. The fourth-order valence-electron chi connectivity index (χ4n) is 10.3. The second-order valence-corrected chi connectivity index (χ2v) is 20.4. The van der Waals surface area contributed by atoms with Crippen molar-refractivity contribution in [2.45, 2.75) is 116 Å². The molecule has 1 N–H and O–H groups in total. The molecule has 0 spiro atoms. The van der Waals surface area contributed by atoms with Gasteiger partial charge >= 0.3 is 0 Å². The summed E-state index contributed by atoms with van der Waals surface area (Å²) in [6.45, 7) is 7.47. The summed E-state index contributed by atoms with van der Waals surface area (Å²) < 4.78 is 9.28. The number of carbonyl (C=O) groups excluding carboxylic acids is 2. The van der Waals surface area contributed by atoms with Crippen molar-refractivity contribution in [1.82, 2.24) is 63.9 Å². The van der Waals surface area contributed by atoms with Crippen LogP contribution in [0.2, 0.25) is 0 Å². The van der Waals surface area contributed by atoms with Gasteiger partial charge in [0.25, 0.3) is 11.8 Å². The molecule has 14 rings (SSSR count). The van der Waals surface area contributed by atoms with Crippen LogP contribution in [0.4, 0.5) is 5.82 Å². The third kappa shape index (κ3) is 10.3. The number of halogens is 1. The number of aromatic nitrogens is 12. The molecule has 0 unspecified atom stereocenters. The average Bonchev–Trinajstić information content (AvgIpc) is 4.18. The van der Waals surface area contributed by atoms with Gasteiger partial charge in [-0.05, 0) is 153 Å². The summed E-state index contributed by atoms with van der Waals surface area (Å²) in [4.78, 5) is 45.8. The Kier molecular flexibility index (Phi) is 14.5. The van der Waals surface area contributed by atoms with E-state index in [-0.39, 0.29) is 40.3 Å². The van der Waals surface area contributed by atoms with E-state index in [1.54, 1.807) is 4.90 Å². The minimum Gasteiger partial charge on any atom is -0.358 e. The third-order valence-corrected chi connectivity index (χ3v) is 14.9. The Labute approximate surface area is 447 Å². The Balaban J connectivity index is 0.000000136. The first-order chi connectivity index (χ1) is 34.7. The fourth-order valence-corrected chi connectivity index (χ4v) is 10.7. The van der Waals surface area contributed by atoms with E-state index in [1.165, 1.54) is 49.8 Å². The number of amides is 2. The summed E-state index contributed by atoms with van der Waals surface area (Å²) in [5.41, 5.74) is 12.2. The monoisotopic (exact) mass is 1210 g/mol. The van der Waals surface area contributed by atoms with Crippen LogP contribution in [0.15, 0.2) is 90.3 Å². The van der Waals surface area contributed by atoms with E-state index < -0.39 is 0 Å². The number of anilines is 1. The van der Waals surface area contributed by atoms with Crippen molar-refractivity contribution in [3.8, 4) is 34.4 Å². The molecule has 0 bridgehead atoms. The maximum atomic E-state index is 13.7. The number of fused-ring (bicyclic) bond motifs is 4. The number of carbonyl (C=O) groups is 2. The Bertz CT molecular complexity index is 3350. The molecule has 0 saturated heterocycles. The number of hydrogen-bond acceptors (Lipinski definition) is 10. The van der Waals surface area contributed by atoms with Crippen LogP contribution < -0.4 is 10.2 Å². The molecule has 73 heavy (non-hydrogen) atoms. The summed E-state index contributed by atoms with van der Waals surface area (Å²) in [5.74, 6) is 5.71. The standard InChI is InChI=1S/C27H27N7O.C16H17N3O.C11H11BrN4.CH3.W/c1-17-13-19-10-12-34(27(35)20(19)14-23(17)32-15-22(28-16-32)18-8-9-18)24-7-4-5-21(29-24)26-31-30-25-6-2-3-11-33(25)26;1-10-6-12-4-5-17-16(20)13(12)7-15(10)19-8-14(18-9-19)11-2-3-11;12-9-5-3-4-8(13-9)11-15-14-10-6-1-2-7-16(10)11;;/h4-5,7,13-16,18H,2-3,6,8-12H2,1H3;6-9,11H,2-5H2,1H3,(H,17,20);3-5H,1-2,6-7H2;1H3;/q;;;-1;. The van der Waals surface area contributed by atoms with Crippen molar-refractivity contribution in [2.75, 3.05) is 18.0 Å². The van der Waals surface area contributed by atoms with Crippen LogP contribution in [-0.4, -0.2) is 83.5 Å². The van der Waals surface area contributed by atoms with Crippen LogP contribution in [0.25, 0.3) is 34.4 Å². The number of nitrogens with zero attached hydrogens (tertiary/aromatic N) is 13. The molecule has 2 amide bonds. The average molecular weight is 1210 g/mol. The van der Waals surface area contributed by atoms with Gasteiger partial charge in [-0.2, -0.15) is 0 Å². The molecule has 6 aliphatic rings. The minimum absolute atomic E-state index is 0. The number of benzene rings is 2. The van der Waals surface area contributed by atoms with Gasteiger partial charge < -0.3 is 31.0 Å². The van der Waals surface area contributed by atoms with Crippen molar-refractivity contribution < 1.29 is 30.7 Å². The molecule has 0 radical (unpaired) electrons. The van der Waals surface area contributed by atoms with Gasteiger partial charge in [0, 0.05) is 95.4 Å². The summed E-state index contributed by atoms with van der Waals surface area (Å²) >= 11 is 3.38. The summed E-state index contributed by atoms with van der Waals surface area (Å²) in [7, 11) is 0. The van der Waals surface area contributed by atoms with E-state index >= 15 is 0 Å². The molecule has 16 nitrogen and oxygen atoms in total. The van der Waals surface area contributed by atoms with Crippen LogP contribution in [0.5, 0.6) is 0 Å². The van der Waals surface area contributed by atoms with Gasteiger partial charge in [-0.25, -0.2) is 19.9 Å². The molecule has 6 aromatic heterocycles. The number of pyridine rings is 2. The van der Waals surface area contributed by atoms with Crippen molar-refractivity contribution in [3.05, 3.63) is 154 Å². The number of aryl methyl sites for hydroxylation is 4. The van der Waals surface area contributed by atoms with E-state index in [9.17, 15) is 9.59 Å². The molecule has 8 aromatic rings. The van der Waals surface area contributed by atoms with Crippen molar-refractivity contribution in [2.24, 2.45) is 0 Å². The van der Waals surface area contributed by atoms with Gasteiger partial charge in [0.15, 0.2) is 11.6 Å². The number of hydrogen-bond donors (Lipinski definition) is 1. The summed E-state index contributed by atoms with van der Waals surface area (Å²) in [6, 6.07) is 20.0. The van der Waals surface area contributed by atoms with Crippen LogP contribution in [0.3, 0.4) is 0 Å². The predicted octanol–water partition coefficient (Wildman–Crippen LogP) is 9.48. The quantitative estimate of drug-likeness (QED) is 0.120. The van der Waals surface area contributed by atoms with E-state index in [0.717, 1.165) is 142 Å². The zero-order valence-corrected chi connectivity index (χ0v) is 46.0. The summed E-state index contributed by atoms with van der Waals surface area (Å²) in [6.07, 6.45) is 21.3. The van der Waals surface area contributed by atoms with Gasteiger partial charge in [0.05, 0.1) is 35.4 Å². The Morgan fingerprint density at radius 3 is 1.74 bits per heavy atom. The van der Waals surface area contributed by atoms with Crippen molar-refractivity contribution >= 4 is 33.6 Å². The first kappa shape index (κ1) is 50.1. The molecule has 2 aliphatic carbocycles. The van der Waals surface area contributed by atoms with E-state index in [0.29, 0.717) is 24.2 Å². The van der Waals surface area contributed by atoms with E-state index in [4.69, 9.17) is 4.98 Å². The van der Waals surface area contributed by atoms with E-state index in [2.05, 4.69) is 109 Å². The molecule has 4 aliphatic heterocycles. The van der Waals surface area contributed by atoms with E-state index in [1.807, 2.05) is 65.8 Å². The third-order valence-electron chi connectivity index (χ3n) is 14.5. The smallest absolute Gasteiger partial charge is 0.259 e. The Morgan fingerprint density at radius 1 is 0.616 bits per heavy atom. The number of rotatable bonds is 7.